The van der Waals surface area contributed by atoms with E-state index in [1.165, 1.54) is 0 Å². The van der Waals surface area contributed by atoms with Gasteiger partial charge in [-0.1, -0.05) is 42.5 Å². The van der Waals surface area contributed by atoms with Crippen molar-refractivity contribution >= 4 is 17.6 Å². The zero-order chi connectivity index (χ0) is 24.1. The molecule has 2 atom stereocenters. The first-order valence-electron chi connectivity index (χ1n) is 11.5. The lowest BCUT2D eigenvalue weighted by atomic mass is 10.1. The lowest BCUT2D eigenvalue weighted by Gasteiger charge is -2.23. The third-order valence-electron chi connectivity index (χ3n) is 5.77. The second kappa shape index (κ2) is 10.5. The Balaban J connectivity index is 1.49. The molecule has 3 aromatic rings. The number of hydrogen-bond acceptors (Lipinski definition) is 6. The van der Waals surface area contributed by atoms with E-state index in [1.54, 1.807) is 23.6 Å². The van der Waals surface area contributed by atoms with Crippen LogP contribution in [0.15, 0.2) is 60.8 Å². The zero-order valence-corrected chi connectivity index (χ0v) is 19.7. The van der Waals surface area contributed by atoms with Crippen LogP contribution >= 0.6 is 0 Å². The van der Waals surface area contributed by atoms with Crippen LogP contribution in [0.4, 0.5) is 5.69 Å². The van der Waals surface area contributed by atoms with E-state index in [0.29, 0.717) is 24.4 Å². The molecule has 0 saturated heterocycles. The van der Waals surface area contributed by atoms with E-state index in [1.807, 2.05) is 67.7 Å². The van der Waals surface area contributed by atoms with Crippen LogP contribution in [-0.4, -0.2) is 54.0 Å². The first kappa shape index (κ1) is 23.5. The van der Waals surface area contributed by atoms with Gasteiger partial charge in [0.05, 0.1) is 18.8 Å². The van der Waals surface area contributed by atoms with Gasteiger partial charge in [-0.05, 0) is 38.0 Å². The van der Waals surface area contributed by atoms with Gasteiger partial charge in [0, 0.05) is 24.8 Å². The predicted molar refractivity (Wildman–Crippen MR) is 129 cm³/mol. The minimum Gasteiger partial charge on any atom is -0.489 e. The molecule has 178 valence electrons. The van der Waals surface area contributed by atoms with Gasteiger partial charge >= 0.3 is 5.97 Å². The summed E-state index contributed by atoms with van der Waals surface area (Å²) in [6.45, 7) is 4.80. The van der Waals surface area contributed by atoms with Crippen molar-refractivity contribution in [3.63, 3.8) is 0 Å². The molecule has 8 nitrogen and oxygen atoms in total. The molecular weight excluding hydrogens is 432 g/mol. The van der Waals surface area contributed by atoms with Crippen molar-refractivity contribution in [1.82, 2.24) is 15.1 Å². The molecule has 0 radical (unpaired) electrons. The van der Waals surface area contributed by atoms with Crippen molar-refractivity contribution < 1.29 is 19.1 Å². The highest BCUT2D eigenvalue weighted by Gasteiger charge is 2.30. The van der Waals surface area contributed by atoms with Gasteiger partial charge in [0.1, 0.15) is 18.4 Å². The fourth-order valence-corrected chi connectivity index (χ4v) is 4.14. The molecule has 1 N–H and O–H groups in total. The molecule has 4 rings (SSSR count). The Morgan fingerprint density at radius 1 is 1.21 bits per heavy atom. The number of nitrogens with zero attached hydrogens (tertiary/aromatic N) is 3. The summed E-state index contributed by atoms with van der Waals surface area (Å²) in [5, 5.41) is 7.88. The Morgan fingerprint density at radius 3 is 2.71 bits per heavy atom. The molecule has 0 bridgehead atoms. The summed E-state index contributed by atoms with van der Waals surface area (Å²) in [5.41, 5.74) is 2.91. The number of esters is 1. The van der Waals surface area contributed by atoms with Crippen LogP contribution in [0.1, 0.15) is 35.5 Å². The monoisotopic (exact) mass is 462 g/mol. The average molecular weight is 463 g/mol. The van der Waals surface area contributed by atoms with E-state index < -0.39 is 12.0 Å². The summed E-state index contributed by atoms with van der Waals surface area (Å²) in [4.78, 5) is 27.2. The fraction of sp³-hybridized carbons (Fsp3) is 0.346. The molecule has 2 heterocycles. The Hall–Kier alpha value is -3.65. The Labute approximate surface area is 199 Å². The maximum atomic E-state index is 13.1. The van der Waals surface area contributed by atoms with Gasteiger partial charge in [0.15, 0.2) is 5.69 Å². The molecule has 8 heteroatoms. The van der Waals surface area contributed by atoms with Gasteiger partial charge in [-0.25, -0.2) is 4.79 Å². The quantitative estimate of drug-likeness (QED) is 0.518. The van der Waals surface area contributed by atoms with Gasteiger partial charge in [-0.3, -0.25) is 9.48 Å². The van der Waals surface area contributed by atoms with E-state index in [2.05, 4.69) is 10.4 Å². The summed E-state index contributed by atoms with van der Waals surface area (Å²) >= 11 is 0. The molecule has 34 heavy (non-hydrogen) atoms. The van der Waals surface area contributed by atoms with E-state index >= 15 is 0 Å². The number of ether oxygens (including phenoxy) is 2. The third-order valence-corrected chi connectivity index (χ3v) is 5.77. The highest BCUT2D eigenvalue weighted by atomic mass is 16.5. The maximum absolute atomic E-state index is 13.1. The van der Waals surface area contributed by atoms with Crippen molar-refractivity contribution in [3.05, 3.63) is 77.6 Å². The van der Waals surface area contributed by atoms with Crippen molar-refractivity contribution in [2.24, 2.45) is 0 Å². The number of para-hydroxylation sites is 2. The van der Waals surface area contributed by atoms with E-state index in [-0.39, 0.29) is 25.2 Å². The number of carbonyl (C=O) groups is 2. The highest BCUT2D eigenvalue weighted by molar-refractivity contribution is 5.98. The minimum atomic E-state index is -0.516. The summed E-state index contributed by atoms with van der Waals surface area (Å²) in [6, 6.07) is 16.8. The number of rotatable bonds is 8. The summed E-state index contributed by atoms with van der Waals surface area (Å²) < 4.78 is 12.9. The number of aromatic nitrogens is 2. The summed E-state index contributed by atoms with van der Waals surface area (Å²) in [5.74, 6) is 0.171. The van der Waals surface area contributed by atoms with E-state index in [4.69, 9.17) is 9.47 Å². The number of likely N-dealkylation sites (N-methyl/N-ethyl adjacent to an activating group) is 1. The molecule has 0 spiro atoms. The molecule has 2 aromatic carbocycles. The molecular formula is C26H30N4O4. The molecule has 1 unspecified atom stereocenters. The lowest BCUT2D eigenvalue weighted by Crippen LogP contribution is -2.50. The second-order valence-electron chi connectivity index (χ2n) is 8.41. The van der Waals surface area contributed by atoms with Gasteiger partial charge in [-0.15, -0.1) is 0 Å². The first-order chi connectivity index (χ1) is 16.5. The number of amides is 1. The summed E-state index contributed by atoms with van der Waals surface area (Å²) in [7, 11) is 1.75. The predicted octanol–water partition coefficient (Wildman–Crippen LogP) is 3.05. The molecule has 1 aliphatic rings. The second-order valence-corrected chi connectivity index (χ2v) is 8.41. The van der Waals surface area contributed by atoms with Crippen LogP contribution in [-0.2, 0) is 22.5 Å². The largest absolute Gasteiger partial charge is 0.489 e. The average Bonchev–Trinajstić information content (AvgIpc) is 3.18. The number of nitrogens with one attached hydrogen (secondary N) is 1. The van der Waals surface area contributed by atoms with Crippen LogP contribution in [0.3, 0.4) is 0 Å². The van der Waals surface area contributed by atoms with E-state index in [0.717, 1.165) is 16.8 Å². The van der Waals surface area contributed by atoms with Crippen molar-refractivity contribution in [1.29, 1.82) is 0 Å². The first-order valence-corrected chi connectivity index (χ1v) is 11.5. The van der Waals surface area contributed by atoms with E-state index in [9.17, 15) is 9.59 Å². The third kappa shape index (κ3) is 5.28. The van der Waals surface area contributed by atoms with Crippen LogP contribution in [0.2, 0.25) is 0 Å². The smallest absolute Gasteiger partial charge is 0.359 e. The van der Waals surface area contributed by atoms with Crippen LogP contribution < -0.4 is 15.0 Å². The number of carbonyl (C=O) groups excluding carboxylic acids is 2. The van der Waals surface area contributed by atoms with Gasteiger partial charge < -0.3 is 19.7 Å². The Kier molecular flexibility index (Phi) is 7.27. The molecule has 0 fully saturated rings. The standard InChI is InChI=1S/C26H30N4O4/c1-4-33-26(32)24-20(16-30(28-24)15-19-10-6-5-7-11-19)14-18(2)27-21-17-34-23-13-9-8-12-22(23)29(3)25(21)31/h5-13,16,18,21,27H,4,14-15,17H2,1-3H3/t18?,21-/m0/s1. The molecule has 1 aromatic heterocycles. The van der Waals surface area contributed by atoms with Gasteiger partial charge in [0.2, 0.25) is 5.91 Å². The Morgan fingerprint density at radius 2 is 1.94 bits per heavy atom. The van der Waals surface area contributed by atoms with Crippen LogP contribution in [0.5, 0.6) is 5.75 Å². The van der Waals surface area contributed by atoms with Crippen molar-refractivity contribution in [3.8, 4) is 5.75 Å². The van der Waals surface area contributed by atoms with Gasteiger partial charge in [0.25, 0.3) is 0 Å². The zero-order valence-electron chi connectivity index (χ0n) is 19.7. The van der Waals surface area contributed by atoms with Crippen molar-refractivity contribution in [2.45, 2.75) is 38.9 Å². The summed E-state index contributed by atoms with van der Waals surface area (Å²) in [6.07, 6.45) is 2.38. The maximum Gasteiger partial charge on any atom is 0.359 e. The fourth-order valence-electron chi connectivity index (χ4n) is 4.14. The SMILES string of the molecule is CCOC(=O)c1nn(Cc2ccccc2)cc1CC(C)N[C@H]1COc2ccccc2N(C)C1=O. The van der Waals surface area contributed by atoms with Crippen molar-refractivity contribution in [2.75, 3.05) is 25.2 Å². The number of anilines is 1. The lowest BCUT2D eigenvalue weighted by molar-refractivity contribution is -0.120. The Bertz CT molecular complexity index is 1140. The number of benzene rings is 2. The van der Waals surface area contributed by atoms with Gasteiger partial charge in [-0.2, -0.15) is 5.10 Å². The number of fused-ring (bicyclic) bond motifs is 1. The van der Waals surface area contributed by atoms with Crippen LogP contribution in [0, 0.1) is 0 Å². The molecule has 1 amide bonds. The van der Waals surface area contributed by atoms with Crippen LogP contribution in [0.25, 0.3) is 0 Å². The molecule has 0 saturated carbocycles. The highest BCUT2D eigenvalue weighted by Crippen LogP contribution is 2.30. The minimum absolute atomic E-state index is 0.0674. The molecule has 0 aliphatic carbocycles. The molecule has 1 aliphatic heterocycles. The number of hydrogen-bond donors (Lipinski definition) is 1. The topological polar surface area (TPSA) is 85.7 Å². The normalized spacial score (nSPS) is 16.4.